The molecule has 5 aromatic rings. The number of nitrogens with zero attached hydrogens (tertiary/aromatic N) is 1. The number of amides is 4. The van der Waals surface area contributed by atoms with Crippen molar-refractivity contribution in [3.8, 4) is 0 Å². The van der Waals surface area contributed by atoms with E-state index in [-0.39, 0.29) is 85.9 Å². The molecule has 0 aliphatic carbocycles. The van der Waals surface area contributed by atoms with Crippen molar-refractivity contribution in [1.29, 1.82) is 0 Å². The van der Waals surface area contributed by atoms with E-state index in [1.165, 1.54) is 38.4 Å². The minimum absolute atomic E-state index is 0. The van der Waals surface area contributed by atoms with Crippen LogP contribution in [-0.4, -0.2) is 125 Å². The number of carbonyl (C=O) groups excluding carboxylic acids is 6. The van der Waals surface area contributed by atoms with Crippen molar-refractivity contribution in [1.82, 2.24) is 5.06 Å². The maximum absolute atomic E-state index is 11.9. The summed E-state index contributed by atoms with van der Waals surface area (Å²) in [6.07, 6.45) is 1.45. The zero-order chi connectivity index (χ0) is 64.7. The molecular formula is C65H89BBrMgN6O14. The van der Waals surface area contributed by atoms with Crippen LogP contribution >= 0.6 is 0 Å². The molecule has 88 heavy (non-hydrogen) atoms. The van der Waals surface area contributed by atoms with Gasteiger partial charge >= 0.3 is 53.3 Å². The number of ketones is 2. The van der Waals surface area contributed by atoms with Gasteiger partial charge in [-0.25, -0.2) is 29.0 Å². The van der Waals surface area contributed by atoms with Gasteiger partial charge in [0, 0.05) is 62.0 Å². The SMILES string of the molecule is C.CC(C)(C)OC(=O)Nc1cccc(C(=O)O)c1.CC(C)=CC(=O)c1cccc(N)c1.CC(C)=CC(=O)c1cccc(NC(=O)OC(C)(C)C)c1.CON(C)C(=O)c1cccc(NC(=O)OC(C)(C)C)c1.Nc1cccc(C(=O)O)c1.[2HH].[B].[Br-].[CH-]=C(C)C.[Mg+2]. The van der Waals surface area contributed by atoms with Crippen LogP contribution in [0.15, 0.2) is 150 Å². The number of nitrogens with one attached hydrogen (secondary N) is 3. The third-order valence-corrected chi connectivity index (χ3v) is 9.01. The van der Waals surface area contributed by atoms with E-state index in [0.29, 0.717) is 45.1 Å². The Labute approximate surface area is 549 Å². The van der Waals surface area contributed by atoms with Gasteiger partial charge in [0.1, 0.15) is 16.8 Å². The Morgan fingerprint density at radius 1 is 0.500 bits per heavy atom. The number of hydrogen-bond donors (Lipinski definition) is 7. The Bertz CT molecular complexity index is 3130. The summed E-state index contributed by atoms with van der Waals surface area (Å²) in [6, 6.07) is 32.4. The molecule has 5 aromatic carbocycles. The molecular weight excluding hydrogens is 1200 g/mol. The van der Waals surface area contributed by atoms with E-state index >= 15 is 0 Å². The molecule has 4 amide bonds. The number of allylic oxidation sites excluding steroid dienone is 5. The Morgan fingerprint density at radius 2 is 0.750 bits per heavy atom. The quantitative estimate of drug-likeness (QED) is 0.0123. The van der Waals surface area contributed by atoms with Crippen LogP contribution in [0, 0.1) is 6.58 Å². The Kier molecular flexibility index (Phi) is 43.6. The molecule has 0 atom stereocenters. The second kappa shape index (κ2) is 43.4. The number of anilines is 5. The third-order valence-electron chi connectivity index (χ3n) is 9.01. The van der Waals surface area contributed by atoms with E-state index in [4.69, 9.17) is 47.3 Å². The van der Waals surface area contributed by atoms with Crippen LogP contribution in [0.3, 0.4) is 0 Å². The van der Waals surface area contributed by atoms with Gasteiger partial charge in [-0.3, -0.25) is 40.7 Å². The fourth-order valence-corrected chi connectivity index (χ4v) is 5.79. The van der Waals surface area contributed by atoms with Crippen LogP contribution < -0.4 is 44.4 Å². The van der Waals surface area contributed by atoms with Crippen molar-refractivity contribution < 1.29 is 86.0 Å². The molecule has 0 bridgehead atoms. The predicted molar refractivity (Wildman–Crippen MR) is 351 cm³/mol. The smallest absolute Gasteiger partial charge is 1.00 e. The van der Waals surface area contributed by atoms with E-state index in [1.807, 2.05) is 41.5 Å². The van der Waals surface area contributed by atoms with Gasteiger partial charge < -0.3 is 59.5 Å². The van der Waals surface area contributed by atoms with Crippen molar-refractivity contribution in [3.05, 3.63) is 185 Å². The summed E-state index contributed by atoms with van der Waals surface area (Å²) in [5.41, 5.74) is 16.4. The minimum atomic E-state index is -1.04. The molecule has 23 heteroatoms. The summed E-state index contributed by atoms with van der Waals surface area (Å²) < 4.78 is 15.3. The molecule has 0 fully saturated rings. The first-order valence-corrected chi connectivity index (χ1v) is 25.9. The number of halogens is 1. The van der Waals surface area contributed by atoms with Crippen molar-refractivity contribution in [2.45, 2.75) is 128 Å². The molecule has 3 radical (unpaired) electrons. The number of hydrogen-bond acceptors (Lipinski definition) is 14. The molecule has 20 nitrogen and oxygen atoms in total. The minimum Gasteiger partial charge on any atom is -1.00 e. The van der Waals surface area contributed by atoms with Gasteiger partial charge in [0.2, 0.25) is 0 Å². The van der Waals surface area contributed by atoms with Gasteiger partial charge in [-0.1, -0.05) is 74.9 Å². The molecule has 0 saturated carbocycles. The second-order valence-electron chi connectivity index (χ2n) is 21.7. The fourth-order valence-electron chi connectivity index (χ4n) is 5.79. The summed E-state index contributed by atoms with van der Waals surface area (Å²) >= 11 is 0. The van der Waals surface area contributed by atoms with Crippen LogP contribution in [0.4, 0.5) is 42.8 Å². The number of aromatic carboxylic acids is 2. The Hall–Kier alpha value is -8.25. The molecule has 0 aliphatic heterocycles. The van der Waals surface area contributed by atoms with E-state index in [9.17, 15) is 38.4 Å². The van der Waals surface area contributed by atoms with E-state index in [2.05, 4.69) is 16.0 Å². The predicted octanol–water partition coefficient (Wildman–Crippen LogP) is 11.5. The van der Waals surface area contributed by atoms with Crippen LogP contribution in [-0.2, 0) is 19.0 Å². The maximum Gasteiger partial charge on any atom is 2.00 e. The fraction of sp³-hybridized carbons (Fsp3) is 0.323. The molecule has 0 saturated heterocycles. The maximum atomic E-state index is 11.9. The molecule has 0 unspecified atom stereocenters. The van der Waals surface area contributed by atoms with Crippen molar-refractivity contribution in [2.24, 2.45) is 0 Å². The van der Waals surface area contributed by atoms with Crippen molar-refractivity contribution in [3.63, 3.8) is 0 Å². The number of carbonyl (C=O) groups is 8. The number of nitrogens with two attached hydrogens (primary N) is 2. The zero-order valence-corrected chi connectivity index (χ0v) is 55.8. The van der Waals surface area contributed by atoms with Gasteiger partial charge in [-0.05, 0) is 181 Å². The van der Waals surface area contributed by atoms with Crippen LogP contribution in [0.1, 0.15) is 164 Å². The summed E-state index contributed by atoms with van der Waals surface area (Å²) in [5.74, 6) is -2.38. The summed E-state index contributed by atoms with van der Waals surface area (Å²) in [7, 11) is 2.91. The first kappa shape index (κ1) is 88.5. The monoisotopic (exact) mass is 1290 g/mol. The molecule has 0 heterocycles. The van der Waals surface area contributed by atoms with Gasteiger partial charge in [0.15, 0.2) is 11.6 Å². The average molecular weight is 1290 g/mol. The van der Waals surface area contributed by atoms with Gasteiger partial charge in [0.05, 0.1) is 18.2 Å². The molecule has 0 aliphatic rings. The number of carboxylic acids is 2. The molecule has 5 rings (SSSR count). The summed E-state index contributed by atoms with van der Waals surface area (Å²) in [6.45, 7) is 32.2. The number of rotatable bonds is 11. The van der Waals surface area contributed by atoms with Crippen molar-refractivity contribution >= 4 is 108 Å². The third kappa shape index (κ3) is 43.4. The Morgan fingerprint density at radius 3 is 1.02 bits per heavy atom. The van der Waals surface area contributed by atoms with E-state index < -0.39 is 47.0 Å². The largest absolute Gasteiger partial charge is 2.00 e. The number of hydroxylamine groups is 2. The standard InChI is InChI=1S/C16H21NO3.C14H20N2O4.C12H15NO4.C11H13NO.C7H7NO2.C4H7.CH4.B.BrH.Mg.H2/c1-11(2)9-14(18)12-7-6-8-13(10-12)17-15(19)20-16(3,4)5;1-14(2,3)20-13(18)15-11-8-6-7-10(9-11)12(17)16(4)19-5;1-12(2,3)17-11(16)13-9-6-4-5-8(7-9)10(14)15;1-8(2)6-11(13)9-4-3-5-10(12)7-9;8-6-3-1-2-5(4-6)7(9)10;1-4(2)3;;;;;/h6-10H,1-5H3,(H,17,19);6-9H,1-5H3,(H,15,18);4-7H,1-3H3,(H,13,16)(H,14,15);3-7H,12H2,1-2H3;1-4H,8H2,(H,9,10);1H,2-3H3;1H4;;1H;;1H/q;;;;;-1;;;;+2;/p-1/i;;;;;;;;;;1+1. The molecule has 475 valence electrons. The first-order chi connectivity index (χ1) is 38.7. The van der Waals surface area contributed by atoms with Crippen molar-refractivity contribution in [2.75, 3.05) is 41.6 Å². The van der Waals surface area contributed by atoms with Gasteiger partial charge in [0.25, 0.3) is 5.91 Å². The number of nitrogen functional groups attached to an aromatic ring is 2. The number of carboxylic acid groups (broad SMARTS) is 2. The molecule has 9 N–H and O–H groups in total. The average Bonchev–Trinajstić information content (AvgIpc) is 3.57. The zero-order valence-electron chi connectivity index (χ0n) is 52.8. The van der Waals surface area contributed by atoms with E-state index in [0.717, 1.165) is 21.8 Å². The second-order valence-corrected chi connectivity index (χ2v) is 21.7. The van der Waals surface area contributed by atoms with Crippen LogP contribution in [0.5, 0.6) is 0 Å². The first-order valence-electron chi connectivity index (χ1n) is 25.9. The molecule has 0 spiro atoms. The summed E-state index contributed by atoms with van der Waals surface area (Å²) in [4.78, 5) is 95.9. The number of ether oxygens (including phenoxy) is 3. The van der Waals surface area contributed by atoms with Crippen LogP contribution in [0.2, 0.25) is 0 Å². The van der Waals surface area contributed by atoms with Gasteiger partial charge in [-0.15, -0.1) is 0 Å². The number of benzene rings is 5. The molecule has 0 aromatic heterocycles. The van der Waals surface area contributed by atoms with E-state index in [1.54, 1.807) is 172 Å². The normalized spacial score (nSPS) is 9.69. The van der Waals surface area contributed by atoms with Crippen LogP contribution in [0.25, 0.3) is 0 Å². The summed E-state index contributed by atoms with van der Waals surface area (Å²) in [5, 5.41) is 26.0. The van der Waals surface area contributed by atoms with Gasteiger partial charge in [-0.2, -0.15) is 0 Å². The Balaban J connectivity index is -0.000000238. The topological polar surface area (TPSA) is 305 Å².